The van der Waals surface area contributed by atoms with E-state index in [1.54, 1.807) is 18.2 Å². The van der Waals surface area contributed by atoms with Gasteiger partial charge in [0.05, 0.1) is 19.3 Å². The number of hydrogen-bond acceptors (Lipinski definition) is 5. The van der Waals surface area contributed by atoms with E-state index >= 15 is 0 Å². The van der Waals surface area contributed by atoms with Gasteiger partial charge in [0.1, 0.15) is 6.61 Å². The standard InChI is InChI=1S/C15H24N2O4/c1-4-15(16,5-2)14(19)17-11-6-7-12(20-3)13(10-11)21-9-8-18/h6-7,10,18H,4-5,8-9,16H2,1-3H3,(H,17,19). The fraction of sp³-hybridized carbons (Fsp3) is 0.533. The summed E-state index contributed by atoms with van der Waals surface area (Å²) in [4.78, 5) is 12.2. The summed E-state index contributed by atoms with van der Waals surface area (Å²) >= 11 is 0. The molecule has 0 radical (unpaired) electrons. The molecule has 118 valence electrons. The number of methoxy groups -OCH3 is 1. The molecule has 0 fully saturated rings. The predicted octanol–water partition coefficient (Wildman–Crippen LogP) is 1.52. The number of carbonyl (C=O) groups excluding carboxylic acids is 1. The molecule has 1 aromatic rings. The van der Waals surface area contributed by atoms with Gasteiger partial charge in [-0.1, -0.05) is 13.8 Å². The van der Waals surface area contributed by atoms with E-state index in [-0.39, 0.29) is 19.1 Å². The molecule has 0 aliphatic carbocycles. The zero-order chi connectivity index (χ0) is 15.9. The minimum absolute atomic E-state index is 0.0999. The van der Waals surface area contributed by atoms with Crippen LogP contribution in [-0.2, 0) is 4.79 Å². The van der Waals surface area contributed by atoms with Crippen molar-refractivity contribution in [3.8, 4) is 11.5 Å². The molecule has 0 saturated heterocycles. The van der Waals surface area contributed by atoms with Crippen molar-refractivity contribution >= 4 is 11.6 Å². The maximum absolute atomic E-state index is 12.2. The third-order valence-electron chi connectivity index (χ3n) is 3.48. The second-order valence-corrected chi connectivity index (χ2v) is 4.76. The molecule has 0 heterocycles. The molecule has 1 aromatic carbocycles. The summed E-state index contributed by atoms with van der Waals surface area (Å²) < 4.78 is 10.5. The van der Waals surface area contributed by atoms with Gasteiger partial charge in [-0.2, -0.15) is 0 Å². The molecule has 0 aliphatic rings. The lowest BCUT2D eigenvalue weighted by Crippen LogP contribution is -2.50. The van der Waals surface area contributed by atoms with Crippen molar-refractivity contribution in [2.24, 2.45) is 5.73 Å². The third kappa shape index (κ3) is 4.34. The predicted molar refractivity (Wildman–Crippen MR) is 81.7 cm³/mol. The molecule has 0 unspecified atom stereocenters. The molecule has 0 spiro atoms. The van der Waals surface area contributed by atoms with E-state index in [2.05, 4.69) is 5.32 Å². The van der Waals surface area contributed by atoms with Crippen molar-refractivity contribution in [2.75, 3.05) is 25.6 Å². The van der Waals surface area contributed by atoms with Gasteiger partial charge in [-0.3, -0.25) is 4.79 Å². The van der Waals surface area contributed by atoms with Gasteiger partial charge < -0.3 is 25.6 Å². The SMILES string of the molecule is CCC(N)(CC)C(=O)Nc1ccc(OC)c(OCCO)c1. The van der Waals surface area contributed by atoms with Crippen LogP contribution in [0, 0.1) is 0 Å². The minimum Gasteiger partial charge on any atom is -0.493 e. The molecule has 0 aliphatic heterocycles. The van der Waals surface area contributed by atoms with Crippen LogP contribution in [0.1, 0.15) is 26.7 Å². The third-order valence-corrected chi connectivity index (χ3v) is 3.48. The molecule has 0 saturated carbocycles. The maximum atomic E-state index is 12.2. The Labute approximate surface area is 125 Å². The number of rotatable bonds is 8. The topological polar surface area (TPSA) is 93.8 Å². The van der Waals surface area contributed by atoms with Gasteiger partial charge in [-0.25, -0.2) is 0 Å². The smallest absolute Gasteiger partial charge is 0.244 e. The molecular weight excluding hydrogens is 272 g/mol. The Morgan fingerprint density at radius 2 is 2.00 bits per heavy atom. The quantitative estimate of drug-likeness (QED) is 0.676. The van der Waals surface area contributed by atoms with E-state index in [0.717, 1.165) is 0 Å². The van der Waals surface area contributed by atoms with E-state index in [0.29, 0.717) is 30.0 Å². The molecule has 4 N–H and O–H groups in total. The second-order valence-electron chi connectivity index (χ2n) is 4.76. The molecule has 0 atom stereocenters. The highest BCUT2D eigenvalue weighted by Gasteiger charge is 2.29. The van der Waals surface area contributed by atoms with Gasteiger partial charge in [0.25, 0.3) is 0 Å². The Balaban J connectivity index is 2.91. The first-order chi connectivity index (χ1) is 10.0. The fourth-order valence-corrected chi connectivity index (χ4v) is 1.85. The molecule has 1 rings (SSSR count). The Morgan fingerprint density at radius 1 is 1.33 bits per heavy atom. The summed E-state index contributed by atoms with van der Waals surface area (Å²) in [7, 11) is 1.53. The number of aliphatic hydroxyl groups is 1. The number of nitrogens with one attached hydrogen (secondary N) is 1. The van der Waals surface area contributed by atoms with Gasteiger partial charge in [-0.15, -0.1) is 0 Å². The van der Waals surface area contributed by atoms with E-state index in [1.165, 1.54) is 7.11 Å². The average molecular weight is 296 g/mol. The summed E-state index contributed by atoms with van der Waals surface area (Å²) in [6, 6.07) is 5.06. The summed E-state index contributed by atoms with van der Waals surface area (Å²) in [5.41, 5.74) is 5.75. The van der Waals surface area contributed by atoms with Crippen molar-refractivity contribution in [2.45, 2.75) is 32.2 Å². The Hall–Kier alpha value is -1.79. The van der Waals surface area contributed by atoms with Crippen molar-refractivity contribution in [1.82, 2.24) is 0 Å². The van der Waals surface area contributed by atoms with E-state index in [1.807, 2.05) is 13.8 Å². The number of ether oxygens (including phenoxy) is 2. The summed E-state index contributed by atoms with van der Waals surface area (Å²) in [5, 5.41) is 11.6. The lowest BCUT2D eigenvalue weighted by Gasteiger charge is -2.25. The first-order valence-corrected chi connectivity index (χ1v) is 7.02. The van der Waals surface area contributed by atoms with Gasteiger partial charge in [-0.05, 0) is 25.0 Å². The Kier molecular flexibility index (Phi) is 6.45. The summed E-state index contributed by atoms with van der Waals surface area (Å²) in [6.07, 6.45) is 1.11. The number of carbonyl (C=O) groups is 1. The number of nitrogens with two attached hydrogens (primary N) is 1. The number of benzene rings is 1. The monoisotopic (exact) mass is 296 g/mol. The molecule has 21 heavy (non-hydrogen) atoms. The largest absolute Gasteiger partial charge is 0.493 e. The van der Waals surface area contributed by atoms with Crippen LogP contribution in [0.3, 0.4) is 0 Å². The van der Waals surface area contributed by atoms with E-state index in [9.17, 15) is 4.79 Å². The van der Waals surface area contributed by atoms with Crippen LogP contribution in [0.4, 0.5) is 5.69 Å². The number of amides is 1. The van der Waals surface area contributed by atoms with Crippen molar-refractivity contribution in [1.29, 1.82) is 0 Å². The van der Waals surface area contributed by atoms with E-state index < -0.39 is 5.54 Å². The van der Waals surface area contributed by atoms with Crippen molar-refractivity contribution in [3.63, 3.8) is 0 Å². The van der Waals surface area contributed by atoms with Crippen LogP contribution < -0.4 is 20.5 Å². The van der Waals surface area contributed by atoms with Crippen molar-refractivity contribution in [3.05, 3.63) is 18.2 Å². The zero-order valence-corrected chi connectivity index (χ0v) is 12.8. The zero-order valence-electron chi connectivity index (χ0n) is 12.8. The van der Waals surface area contributed by atoms with Gasteiger partial charge in [0.2, 0.25) is 5.91 Å². The summed E-state index contributed by atoms with van der Waals surface area (Å²) in [5.74, 6) is 0.761. The normalized spacial score (nSPS) is 11.1. The number of hydrogen-bond donors (Lipinski definition) is 3. The van der Waals surface area contributed by atoms with Crippen LogP contribution in [0.25, 0.3) is 0 Å². The van der Waals surface area contributed by atoms with Crippen LogP contribution in [0.2, 0.25) is 0 Å². The highest BCUT2D eigenvalue weighted by Crippen LogP contribution is 2.30. The van der Waals surface area contributed by atoms with Crippen LogP contribution in [0.15, 0.2) is 18.2 Å². The highest BCUT2D eigenvalue weighted by molar-refractivity contribution is 5.98. The van der Waals surface area contributed by atoms with Crippen LogP contribution in [-0.4, -0.2) is 36.9 Å². The first kappa shape index (κ1) is 17.3. The first-order valence-electron chi connectivity index (χ1n) is 7.02. The lowest BCUT2D eigenvalue weighted by atomic mass is 9.93. The molecule has 1 amide bonds. The lowest BCUT2D eigenvalue weighted by molar-refractivity contribution is -0.121. The Morgan fingerprint density at radius 3 is 2.52 bits per heavy atom. The minimum atomic E-state index is -0.883. The number of aliphatic hydroxyl groups excluding tert-OH is 1. The van der Waals surface area contributed by atoms with Gasteiger partial charge >= 0.3 is 0 Å². The number of anilines is 1. The van der Waals surface area contributed by atoms with Crippen LogP contribution in [0.5, 0.6) is 11.5 Å². The van der Waals surface area contributed by atoms with Gasteiger partial charge in [0, 0.05) is 11.8 Å². The highest BCUT2D eigenvalue weighted by atomic mass is 16.5. The molecule has 6 heteroatoms. The molecule has 6 nitrogen and oxygen atoms in total. The molecule has 0 bridgehead atoms. The second kappa shape index (κ2) is 7.85. The maximum Gasteiger partial charge on any atom is 0.244 e. The van der Waals surface area contributed by atoms with Gasteiger partial charge in [0.15, 0.2) is 11.5 Å². The Bertz CT molecular complexity index is 473. The van der Waals surface area contributed by atoms with E-state index in [4.69, 9.17) is 20.3 Å². The molecule has 0 aromatic heterocycles. The van der Waals surface area contributed by atoms with Crippen molar-refractivity contribution < 1.29 is 19.4 Å². The van der Waals surface area contributed by atoms with Crippen LogP contribution >= 0.6 is 0 Å². The average Bonchev–Trinajstić information content (AvgIpc) is 2.52. The molecular formula is C15H24N2O4. The fourth-order valence-electron chi connectivity index (χ4n) is 1.85. The summed E-state index contributed by atoms with van der Waals surface area (Å²) in [6.45, 7) is 3.82.